The van der Waals surface area contributed by atoms with Crippen LogP contribution in [0, 0.1) is 0 Å². The van der Waals surface area contributed by atoms with E-state index in [2.05, 4.69) is 16.3 Å². The van der Waals surface area contributed by atoms with Crippen LogP contribution in [0.3, 0.4) is 0 Å². The monoisotopic (exact) mass is 458 g/mol. The average Bonchev–Trinajstić information content (AvgIpc) is 3.05. The first-order chi connectivity index (χ1) is 15.5. The molecular weight excluding hydrogens is 427 g/mol. The van der Waals surface area contributed by atoms with Gasteiger partial charge in [-0.1, -0.05) is 50.5 Å². The molecule has 0 saturated heterocycles. The summed E-state index contributed by atoms with van der Waals surface area (Å²) < 4.78 is 13.8. The minimum absolute atomic E-state index is 0.0773. The van der Waals surface area contributed by atoms with Crippen molar-refractivity contribution in [2.75, 3.05) is 7.11 Å². The molecule has 0 amide bonds. The Bertz CT molecular complexity index is 1060. The first kappa shape index (κ1) is 24.1. The first-order valence-electron chi connectivity index (χ1n) is 10.8. The minimum atomic E-state index is -0.450. The average molecular weight is 458 g/mol. The topological polar surface area (TPSA) is 85.8 Å². The maximum atomic E-state index is 12.5. The number of aliphatic hydroxyl groups excluding tert-OH is 1. The Labute approximate surface area is 190 Å². The summed E-state index contributed by atoms with van der Waals surface area (Å²) in [5, 5.41) is 19.7. The molecule has 2 unspecified atom stereocenters. The molecule has 0 aliphatic heterocycles. The number of hydrogen-bond acceptors (Lipinski definition) is 5. The van der Waals surface area contributed by atoms with Gasteiger partial charge in [0.2, 0.25) is 5.88 Å². The molecule has 32 heavy (non-hydrogen) atoms. The number of aromatic nitrogens is 2. The fraction of sp³-hybridized carbons (Fsp3) is 0.375. The van der Waals surface area contributed by atoms with E-state index in [1.807, 2.05) is 48.5 Å². The lowest BCUT2D eigenvalue weighted by atomic mass is 10.0. The molecule has 0 saturated carbocycles. The number of rotatable bonds is 11. The number of nitrogens with zero attached hydrogens (tertiary/aromatic N) is 2. The van der Waals surface area contributed by atoms with Crippen molar-refractivity contribution in [1.29, 1.82) is 0 Å². The molecule has 0 fully saturated rings. The van der Waals surface area contributed by atoms with E-state index in [0.29, 0.717) is 12.3 Å². The first-order valence-corrected chi connectivity index (χ1v) is 11.3. The molecule has 7 nitrogen and oxygen atoms in total. The van der Waals surface area contributed by atoms with E-state index in [1.165, 1.54) is 4.57 Å². The van der Waals surface area contributed by atoms with Crippen molar-refractivity contribution in [3.63, 3.8) is 0 Å². The zero-order valence-corrected chi connectivity index (χ0v) is 19.7. The molecule has 1 aromatic heterocycles. The van der Waals surface area contributed by atoms with Crippen molar-refractivity contribution >= 4 is 9.39 Å². The lowest BCUT2D eigenvalue weighted by molar-refractivity contribution is 0.0322. The van der Waals surface area contributed by atoms with E-state index in [-0.39, 0.29) is 17.7 Å². The predicted molar refractivity (Wildman–Crippen MR) is 127 cm³/mol. The van der Waals surface area contributed by atoms with Crippen LogP contribution < -0.4 is 10.4 Å². The Balaban J connectivity index is 1.80. The molecule has 3 rings (SSSR count). The number of imidazole rings is 1. The molecule has 2 N–H and O–H groups in total. The van der Waals surface area contributed by atoms with Crippen LogP contribution >= 0.6 is 9.39 Å². The van der Waals surface area contributed by atoms with Gasteiger partial charge in [0.25, 0.3) is 0 Å². The van der Waals surface area contributed by atoms with Crippen molar-refractivity contribution in [1.82, 2.24) is 8.90 Å². The summed E-state index contributed by atoms with van der Waals surface area (Å²) in [6.07, 6.45) is 4.15. The van der Waals surface area contributed by atoms with Gasteiger partial charge in [-0.15, -0.1) is 0 Å². The molecule has 8 heteroatoms. The highest BCUT2D eigenvalue weighted by Gasteiger charge is 2.19. The summed E-state index contributed by atoms with van der Waals surface area (Å²) in [5.74, 6) is 0.540. The van der Waals surface area contributed by atoms with Gasteiger partial charge in [-0.3, -0.25) is 4.57 Å². The SMILES string of the molecule is CCCCCC(OCc1ccc(OC)cc1)c1ccc(-n2c(CO)c(O)n(P)c2=O)cc1. The molecule has 0 bridgehead atoms. The van der Waals surface area contributed by atoms with Crippen LogP contribution in [0.1, 0.15) is 55.5 Å². The summed E-state index contributed by atoms with van der Waals surface area (Å²) in [6, 6.07) is 15.3. The molecule has 2 aromatic carbocycles. The molecule has 0 spiro atoms. The number of hydrogen-bond donors (Lipinski definition) is 2. The summed E-state index contributed by atoms with van der Waals surface area (Å²) in [6.45, 7) is 2.21. The van der Waals surface area contributed by atoms with Gasteiger partial charge in [-0.25, -0.2) is 9.13 Å². The molecule has 2 atom stereocenters. The van der Waals surface area contributed by atoms with Crippen LogP contribution in [0.2, 0.25) is 0 Å². The van der Waals surface area contributed by atoms with Crippen LogP contribution in [0.25, 0.3) is 5.69 Å². The number of ether oxygens (including phenoxy) is 2. The van der Waals surface area contributed by atoms with Gasteiger partial charge in [0.1, 0.15) is 11.4 Å². The lowest BCUT2D eigenvalue weighted by Crippen LogP contribution is -2.19. The van der Waals surface area contributed by atoms with Gasteiger partial charge in [0.15, 0.2) is 0 Å². The van der Waals surface area contributed by atoms with Gasteiger partial charge >= 0.3 is 5.69 Å². The molecule has 0 aliphatic carbocycles. The second-order valence-electron chi connectivity index (χ2n) is 7.65. The Hall–Kier alpha value is -2.60. The number of aromatic hydroxyl groups is 1. The van der Waals surface area contributed by atoms with Gasteiger partial charge in [-0.2, -0.15) is 0 Å². The quantitative estimate of drug-likeness (QED) is 0.330. The van der Waals surface area contributed by atoms with E-state index in [4.69, 9.17) is 9.47 Å². The van der Waals surface area contributed by atoms with Crippen LogP contribution in [0.5, 0.6) is 11.6 Å². The number of benzene rings is 2. The zero-order chi connectivity index (χ0) is 23.1. The van der Waals surface area contributed by atoms with E-state index in [0.717, 1.165) is 46.9 Å². The van der Waals surface area contributed by atoms with Crippen molar-refractivity contribution in [3.05, 3.63) is 75.8 Å². The second kappa shape index (κ2) is 11.3. The van der Waals surface area contributed by atoms with E-state index < -0.39 is 12.3 Å². The summed E-state index contributed by atoms with van der Waals surface area (Å²) in [5.41, 5.74) is 2.36. The predicted octanol–water partition coefficient (Wildman–Crippen LogP) is 4.32. The van der Waals surface area contributed by atoms with Gasteiger partial charge in [0.05, 0.1) is 32.1 Å². The Morgan fingerprint density at radius 3 is 2.34 bits per heavy atom. The van der Waals surface area contributed by atoms with Crippen molar-refractivity contribution in [3.8, 4) is 17.3 Å². The third-order valence-electron chi connectivity index (χ3n) is 5.51. The van der Waals surface area contributed by atoms with Crippen LogP contribution in [-0.4, -0.2) is 26.2 Å². The fourth-order valence-corrected chi connectivity index (χ4v) is 3.91. The minimum Gasteiger partial charge on any atom is -0.497 e. The molecule has 3 aromatic rings. The van der Waals surface area contributed by atoms with Gasteiger partial charge in [-0.05, 0) is 51.2 Å². The second-order valence-corrected chi connectivity index (χ2v) is 8.17. The fourth-order valence-electron chi connectivity index (χ4n) is 3.64. The number of aliphatic hydroxyl groups is 1. The molecule has 172 valence electrons. The largest absolute Gasteiger partial charge is 0.497 e. The highest BCUT2D eigenvalue weighted by atomic mass is 31.0. The van der Waals surface area contributed by atoms with Crippen molar-refractivity contribution in [2.45, 2.75) is 51.9 Å². The third-order valence-corrected chi connectivity index (χ3v) is 5.97. The molecule has 1 heterocycles. The van der Waals surface area contributed by atoms with Gasteiger partial charge in [0, 0.05) is 0 Å². The molecule has 0 radical (unpaired) electrons. The van der Waals surface area contributed by atoms with Crippen molar-refractivity contribution in [2.24, 2.45) is 0 Å². The summed E-state index contributed by atoms with van der Waals surface area (Å²) in [7, 11) is 3.80. The van der Waals surface area contributed by atoms with Crippen molar-refractivity contribution < 1.29 is 19.7 Å². The highest BCUT2D eigenvalue weighted by molar-refractivity contribution is 7.14. The third kappa shape index (κ3) is 5.41. The smallest absolute Gasteiger partial charge is 0.338 e. The molecule has 0 aliphatic rings. The maximum Gasteiger partial charge on any atom is 0.338 e. The van der Waals surface area contributed by atoms with Crippen LogP contribution in [-0.2, 0) is 18.0 Å². The lowest BCUT2D eigenvalue weighted by Gasteiger charge is -2.19. The zero-order valence-electron chi connectivity index (χ0n) is 18.5. The van der Waals surface area contributed by atoms with Crippen LogP contribution in [0.4, 0.5) is 0 Å². The highest BCUT2D eigenvalue weighted by Crippen LogP contribution is 2.28. The van der Waals surface area contributed by atoms with E-state index in [9.17, 15) is 15.0 Å². The Morgan fingerprint density at radius 1 is 1.06 bits per heavy atom. The normalized spacial score (nSPS) is 12.1. The summed E-state index contributed by atoms with van der Waals surface area (Å²) >= 11 is 0. The molecular formula is C24H31N2O5P. The van der Waals surface area contributed by atoms with E-state index in [1.54, 1.807) is 7.11 Å². The summed E-state index contributed by atoms with van der Waals surface area (Å²) in [4.78, 5) is 12.5. The maximum absolute atomic E-state index is 12.5. The van der Waals surface area contributed by atoms with Crippen LogP contribution in [0.15, 0.2) is 53.3 Å². The van der Waals surface area contributed by atoms with Gasteiger partial charge < -0.3 is 19.7 Å². The number of methoxy groups -OCH3 is 1. The Kier molecular flexibility index (Phi) is 8.51. The Morgan fingerprint density at radius 2 is 1.75 bits per heavy atom. The standard InChI is InChI=1S/C24H31N2O5P/c1-3-4-5-6-22(31-16-17-7-13-20(30-2)14-8-17)18-9-11-19(12-10-18)25-21(15-27)23(28)26(32)24(25)29/h7-14,22,27-28H,3-6,15-16,32H2,1-2H3. The van der Waals surface area contributed by atoms with E-state index >= 15 is 0 Å². The number of unbranched alkanes of at least 4 members (excludes halogenated alkanes) is 2.